The SMILES string of the molecule is O=S(=O)(c1ccc(F)c(F)c1)N1CCC(c2noc(-c3ccc(Cl)cc3)n2)CC1. The van der Waals surface area contributed by atoms with Crippen molar-refractivity contribution in [1.82, 2.24) is 14.4 Å². The van der Waals surface area contributed by atoms with Gasteiger partial charge in [0, 0.05) is 29.6 Å². The van der Waals surface area contributed by atoms with Crippen LogP contribution in [0.15, 0.2) is 51.9 Å². The second-order valence-corrected chi connectivity index (χ2v) is 9.09. The summed E-state index contributed by atoms with van der Waals surface area (Å²) in [4.78, 5) is 4.16. The van der Waals surface area contributed by atoms with Crippen LogP contribution in [0, 0.1) is 11.6 Å². The third-order valence-electron chi connectivity index (χ3n) is 4.88. The molecule has 0 radical (unpaired) electrons. The standard InChI is InChI=1S/C19H16ClF2N3O3S/c20-14-3-1-13(2-4-14)19-23-18(24-28-19)12-7-9-25(10-8-12)29(26,27)15-5-6-16(21)17(22)11-15/h1-6,11-12H,7-10H2. The van der Waals surface area contributed by atoms with Crippen molar-refractivity contribution in [2.24, 2.45) is 0 Å². The van der Waals surface area contributed by atoms with Gasteiger partial charge in [0.05, 0.1) is 4.90 Å². The minimum absolute atomic E-state index is 0.0591. The summed E-state index contributed by atoms with van der Waals surface area (Å²) >= 11 is 5.88. The first-order chi connectivity index (χ1) is 13.8. The Kier molecular flexibility index (Phi) is 5.37. The number of benzene rings is 2. The van der Waals surface area contributed by atoms with Crippen molar-refractivity contribution >= 4 is 21.6 Å². The predicted octanol–water partition coefficient (Wildman–Crippen LogP) is 4.24. The van der Waals surface area contributed by atoms with Gasteiger partial charge in [-0.1, -0.05) is 16.8 Å². The Bertz CT molecular complexity index is 1130. The fraction of sp³-hybridized carbons (Fsp3) is 0.263. The molecule has 0 saturated carbocycles. The first-order valence-corrected chi connectivity index (χ1v) is 10.7. The lowest BCUT2D eigenvalue weighted by atomic mass is 9.97. The molecule has 0 atom stereocenters. The van der Waals surface area contributed by atoms with Gasteiger partial charge in [0.15, 0.2) is 17.5 Å². The number of rotatable bonds is 4. The highest BCUT2D eigenvalue weighted by Crippen LogP contribution is 2.31. The molecular formula is C19H16ClF2N3O3S. The molecule has 0 spiro atoms. The molecule has 10 heteroatoms. The zero-order chi connectivity index (χ0) is 20.6. The van der Waals surface area contributed by atoms with E-state index in [0.29, 0.717) is 35.6 Å². The highest BCUT2D eigenvalue weighted by molar-refractivity contribution is 7.89. The normalized spacial score (nSPS) is 16.2. The molecule has 6 nitrogen and oxygen atoms in total. The number of aromatic nitrogens is 2. The summed E-state index contributed by atoms with van der Waals surface area (Å²) in [5.74, 6) is -1.46. The fourth-order valence-electron chi connectivity index (χ4n) is 3.25. The van der Waals surface area contributed by atoms with Gasteiger partial charge in [0.1, 0.15) is 0 Å². The summed E-state index contributed by atoms with van der Waals surface area (Å²) in [5.41, 5.74) is 0.742. The van der Waals surface area contributed by atoms with E-state index in [2.05, 4.69) is 10.1 Å². The second kappa shape index (κ2) is 7.81. The number of hydrogen-bond donors (Lipinski definition) is 0. The van der Waals surface area contributed by atoms with E-state index in [0.717, 1.165) is 17.7 Å². The van der Waals surface area contributed by atoms with E-state index in [1.807, 2.05) is 0 Å². The molecule has 29 heavy (non-hydrogen) atoms. The van der Waals surface area contributed by atoms with Crippen LogP contribution in [0.5, 0.6) is 0 Å². The van der Waals surface area contributed by atoms with Gasteiger partial charge < -0.3 is 4.52 Å². The summed E-state index contributed by atoms with van der Waals surface area (Å²) in [7, 11) is -3.90. The van der Waals surface area contributed by atoms with Gasteiger partial charge in [-0.25, -0.2) is 17.2 Å². The van der Waals surface area contributed by atoms with E-state index in [9.17, 15) is 17.2 Å². The molecule has 0 amide bonds. The zero-order valence-electron chi connectivity index (χ0n) is 15.1. The maximum absolute atomic E-state index is 13.4. The molecule has 1 fully saturated rings. The predicted molar refractivity (Wildman–Crippen MR) is 102 cm³/mol. The Morgan fingerprint density at radius 3 is 2.38 bits per heavy atom. The Morgan fingerprint density at radius 1 is 1.03 bits per heavy atom. The topological polar surface area (TPSA) is 76.3 Å². The van der Waals surface area contributed by atoms with Crippen LogP contribution < -0.4 is 0 Å². The highest BCUT2D eigenvalue weighted by atomic mass is 35.5. The number of piperidine rings is 1. The number of hydrogen-bond acceptors (Lipinski definition) is 5. The minimum atomic E-state index is -3.90. The maximum Gasteiger partial charge on any atom is 0.257 e. The molecule has 0 aliphatic carbocycles. The zero-order valence-corrected chi connectivity index (χ0v) is 16.6. The quantitative estimate of drug-likeness (QED) is 0.607. The van der Waals surface area contributed by atoms with Crippen molar-refractivity contribution in [2.45, 2.75) is 23.7 Å². The molecule has 2 aromatic carbocycles. The van der Waals surface area contributed by atoms with Crippen LogP contribution in [0.25, 0.3) is 11.5 Å². The molecule has 152 valence electrons. The first-order valence-electron chi connectivity index (χ1n) is 8.89. The Hall–Kier alpha value is -2.36. The van der Waals surface area contributed by atoms with Crippen molar-refractivity contribution in [3.05, 3.63) is 64.9 Å². The molecule has 1 aliphatic rings. The molecular weight excluding hydrogens is 424 g/mol. The summed E-state index contributed by atoms with van der Waals surface area (Å²) in [6.45, 7) is 0.438. The molecule has 1 aliphatic heterocycles. The summed E-state index contributed by atoms with van der Waals surface area (Å²) in [6, 6.07) is 9.58. The smallest absolute Gasteiger partial charge is 0.257 e. The third-order valence-corrected chi connectivity index (χ3v) is 7.03. The number of sulfonamides is 1. The molecule has 1 saturated heterocycles. The van der Waals surface area contributed by atoms with Crippen LogP contribution in [-0.4, -0.2) is 36.0 Å². The lowest BCUT2D eigenvalue weighted by Crippen LogP contribution is -2.38. The van der Waals surface area contributed by atoms with Crippen molar-refractivity contribution in [1.29, 1.82) is 0 Å². The maximum atomic E-state index is 13.4. The molecule has 2 heterocycles. The van der Waals surface area contributed by atoms with E-state index >= 15 is 0 Å². The largest absolute Gasteiger partial charge is 0.334 e. The molecule has 4 rings (SSSR count). The average Bonchev–Trinajstić information content (AvgIpc) is 3.21. The van der Waals surface area contributed by atoms with E-state index in [4.69, 9.17) is 16.1 Å². The van der Waals surface area contributed by atoms with Gasteiger partial charge in [-0.15, -0.1) is 0 Å². The van der Waals surface area contributed by atoms with Crippen molar-refractivity contribution in [3.8, 4) is 11.5 Å². The monoisotopic (exact) mass is 439 g/mol. The number of halogens is 3. The van der Waals surface area contributed by atoms with Crippen LogP contribution >= 0.6 is 11.6 Å². The van der Waals surface area contributed by atoms with Crippen molar-refractivity contribution in [2.75, 3.05) is 13.1 Å². The molecule has 1 aromatic heterocycles. The number of nitrogens with zero attached hydrogens (tertiary/aromatic N) is 3. The van der Waals surface area contributed by atoms with Crippen molar-refractivity contribution in [3.63, 3.8) is 0 Å². The van der Waals surface area contributed by atoms with Crippen LogP contribution in [0.2, 0.25) is 5.02 Å². The minimum Gasteiger partial charge on any atom is -0.334 e. The first kappa shape index (κ1) is 19.9. The third kappa shape index (κ3) is 4.03. The lowest BCUT2D eigenvalue weighted by molar-refractivity contribution is 0.307. The van der Waals surface area contributed by atoms with E-state index in [-0.39, 0.29) is 23.9 Å². The van der Waals surface area contributed by atoms with E-state index in [1.165, 1.54) is 4.31 Å². The highest BCUT2D eigenvalue weighted by Gasteiger charge is 2.32. The summed E-state index contributed by atoms with van der Waals surface area (Å²) < 4.78 is 58.5. The van der Waals surface area contributed by atoms with Crippen LogP contribution in [0.3, 0.4) is 0 Å². The summed E-state index contributed by atoms with van der Waals surface area (Å²) in [6.07, 6.45) is 0.977. The lowest BCUT2D eigenvalue weighted by Gasteiger charge is -2.29. The van der Waals surface area contributed by atoms with Gasteiger partial charge in [-0.05, 0) is 55.3 Å². The van der Waals surface area contributed by atoms with Gasteiger partial charge in [0.25, 0.3) is 5.89 Å². The Morgan fingerprint density at radius 2 is 1.72 bits per heavy atom. The average molecular weight is 440 g/mol. The van der Waals surface area contributed by atoms with Gasteiger partial charge in [0.2, 0.25) is 10.0 Å². The Labute approximate surface area is 171 Å². The molecule has 0 bridgehead atoms. The van der Waals surface area contributed by atoms with Gasteiger partial charge in [-0.3, -0.25) is 0 Å². The summed E-state index contributed by atoms with van der Waals surface area (Å²) in [5, 5.41) is 4.63. The van der Waals surface area contributed by atoms with Crippen LogP contribution in [0.1, 0.15) is 24.6 Å². The fourth-order valence-corrected chi connectivity index (χ4v) is 4.86. The van der Waals surface area contributed by atoms with Crippen molar-refractivity contribution < 1.29 is 21.7 Å². The van der Waals surface area contributed by atoms with Gasteiger partial charge in [-0.2, -0.15) is 9.29 Å². The second-order valence-electron chi connectivity index (χ2n) is 6.72. The molecule has 3 aromatic rings. The van der Waals surface area contributed by atoms with Crippen LogP contribution in [0.4, 0.5) is 8.78 Å². The molecule has 0 unspecified atom stereocenters. The van der Waals surface area contributed by atoms with E-state index < -0.39 is 21.7 Å². The van der Waals surface area contributed by atoms with E-state index in [1.54, 1.807) is 24.3 Å². The Balaban J connectivity index is 1.45. The molecule has 0 N–H and O–H groups in total. The van der Waals surface area contributed by atoms with Gasteiger partial charge >= 0.3 is 0 Å². The van der Waals surface area contributed by atoms with Crippen LogP contribution in [-0.2, 0) is 10.0 Å².